The first kappa shape index (κ1) is 36.8. The van der Waals surface area contributed by atoms with Gasteiger partial charge in [-0.1, -0.05) is 76.2 Å². The summed E-state index contributed by atoms with van der Waals surface area (Å²) in [7, 11) is 1.30. The molecule has 0 bridgehead atoms. The van der Waals surface area contributed by atoms with E-state index in [9.17, 15) is 14.4 Å². The second kappa shape index (κ2) is 16.1. The molecule has 0 radical (unpaired) electrons. The van der Waals surface area contributed by atoms with Gasteiger partial charge >= 0.3 is 6.09 Å². The minimum atomic E-state index is -0.674. The highest BCUT2D eigenvalue weighted by atomic mass is 16.5. The van der Waals surface area contributed by atoms with Gasteiger partial charge in [0.15, 0.2) is 0 Å². The number of imidazole rings is 2. The van der Waals surface area contributed by atoms with E-state index in [0.717, 1.165) is 90.6 Å². The fraction of sp³-hybridized carbons (Fsp3) is 0.475. The number of aromatic amines is 2. The van der Waals surface area contributed by atoms with E-state index in [0.29, 0.717) is 6.54 Å². The summed E-state index contributed by atoms with van der Waals surface area (Å²) >= 11 is 0. The zero-order valence-electron chi connectivity index (χ0n) is 31.2. The van der Waals surface area contributed by atoms with Crippen LogP contribution < -0.4 is 5.32 Å². The van der Waals surface area contributed by atoms with Crippen LogP contribution in [0.2, 0.25) is 0 Å². The number of benzene rings is 2. The number of H-pyrrole nitrogens is 2. The molecule has 2 fully saturated rings. The number of hydrogen-bond donors (Lipinski definition) is 3. The smallest absolute Gasteiger partial charge is 0.407 e. The van der Waals surface area contributed by atoms with Crippen LogP contribution in [0.4, 0.5) is 4.79 Å². The van der Waals surface area contributed by atoms with E-state index < -0.39 is 12.1 Å². The number of likely N-dealkylation sites (tertiary alicyclic amines) is 2. The first-order chi connectivity index (χ1) is 25.1. The summed E-state index contributed by atoms with van der Waals surface area (Å²) in [5.41, 5.74) is 6.04. The summed E-state index contributed by atoms with van der Waals surface area (Å²) < 4.78 is 4.76. The summed E-state index contributed by atoms with van der Waals surface area (Å²) in [6.45, 7) is 13.1. The summed E-state index contributed by atoms with van der Waals surface area (Å²) in [5.74, 6) is 1.54. The SMILES string of the molecule is CCN(CC)[C@H](C)C(=O)N1CCC[C@H]1c1ncc(-c2ccc(-c3ccc(-c4cnc([C@@H]5CCCN5C(=O)[C@@H](NC(=O)OC)C(C)C)[nH]4)cc3)cc2)[nH]1. The van der Waals surface area contributed by atoms with E-state index in [1.807, 2.05) is 43.0 Å². The van der Waals surface area contributed by atoms with Crippen LogP contribution in [0.25, 0.3) is 33.6 Å². The molecule has 2 aliphatic rings. The second-order valence-corrected chi connectivity index (χ2v) is 14.2. The Hall–Kier alpha value is -4.97. The summed E-state index contributed by atoms with van der Waals surface area (Å²) in [5, 5.41) is 2.70. The first-order valence-corrected chi connectivity index (χ1v) is 18.6. The highest BCUT2D eigenvalue weighted by Gasteiger charge is 2.38. The quantitative estimate of drug-likeness (QED) is 0.151. The van der Waals surface area contributed by atoms with Gasteiger partial charge in [0, 0.05) is 13.1 Å². The van der Waals surface area contributed by atoms with E-state index in [1.165, 1.54) is 7.11 Å². The lowest BCUT2D eigenvalue weighted by Gasteiger charge is -2.31. The van der Waals surface area contributed by atoms with Crippen LogP contribution in [0.15, 0.2) is 60.9 Å². The molecular weight excluding hydrogens is 656 g/mol. The molecule has 2 aromatic heterocycles. The Morgan fingerprint density at radius 1 is 0.769 bits per heavy atom. The van der Waals surface area contributed by atoms with Crippen molar-refractivity contribution in [2.75, 3.05) is 33.3 Å². The molecule has 2 saturated heterocycles. The third kappa shape index (κ3) is 7.62. The molecule has 0 aliphatic carbocycles. The van der Waals surface area contributed by atoms with E-state index in [4.69, 9.17) is 9.72 Å². The number of aromatic nitrogens is 4. The molecule has 12 nitrogen and oxygen atoms in total. The number of nitrogens with one attached hydrogen (secondary N) is 3. The van der Waals surface area contributed by atoms with Crippen molar-refractivity contribution < 1.29 is 19.1 Å². The maximum Gasteiger partial charge on any atom is 0.407 e. The maximum absolute atomic E-state index is 13.5. The molecule has 6 rings (SSSR count). The highest BCUT2D eigenvalue weighted by Crippen LogP contribution is 2.35. The van der Waals surface area contributed by atoms with Gasteiger partial charge in [-0.3, -0.25) is 14.5 Å². The average molecular weight is 709 g/mol. The van der Waals surface area contributed by atoms with Gasteiger partial charge in [0.2, 0.25) is 11.8 Å². The van der Waals surface area contributed by atoms with E-state index in [2.05, 4.69) is 87.5 Å². The minimum Gasteiger partial charge on any atom is -0.453 e. The fourth-order valence-electron chi connectivity index (χ4n) is 7.66. The highest BCUT2D eigenvalue weighted by molar-refractivity contribution is 5.86. The second-order valence-electron chi connectivity index (χ2n) is 14.2. The molecule has 3 N–H and O–H groups in total. The molecule has 2 aromatic carbocycles. The normalized spacial score (nSPS) is 18.6. The van der Waals surface area contributed by atoms with Crippen molar-refractivity contribution in [2.45, 2.75) is 84.5 Å². The van der Waals surface area contributed by atoms with Crippen molar-refractivity contribution in [3.05, 3.63) is 72.6 Å². The van der Waals surface area contributed by atoms with Gasteiger partial charge in [-0.25, -0.2) is 14.8 Å². The van der Waals surface area contributed by atoms with E-state index >= 15 is 0 Å². The van der Waals surface area contributed by atoms with Crippen LogP contribution in [-0.2, 0) is 14.3 Å². The van der Waals surface area contributed by atoms with Gasteiger partial charge in [-0.2, -0.15) is 0 Å². The number of hydrogen-bond acceptors (Lipinski definition) is 7. The van der Waals surface area contributed by atoms with Crippen molar-refractivity contribution >= 4 is 17.9 Å². The monoisotopic (exact) mass is 708 g/mol. The van der Waals surface area contributed by atoms with Crippen LogP contribution in [0.5, 0.6) is 0 Å². The van der Waals surface area contributed by atoms with Crippen molar-refractivity contribution in [1.82, 2.24) is 40.0 Å². The Balaban J connectivity index is 1.10. The Labute approximate surface area is 306 Å². The number of ether oxygens (including phenoxy) is 1. The standard InChI is InChI=1S/C40H52N8O4/c1-7-46(8-2)26(5)38(49)47-21-9-11-33(47)36-41-23-31(43-36)29-17-13-27(14-18-29)28-15-19-30(20-16-28)32-24-42-37(44-32)34-12-10-22-48(34)39(50)35(25(3)4)45-40(51)52-6/h13-20,23-26,33-35H,7-12,21-22H2,1-6H3,(H,41,43)(H,42,44)(H,45,51)/t26-,33+,34+,35+/m1/s1. The van der Waals surface area contributed by atoms with E-state index in [-0.39, 0.29) is 35.9 Å². The topological polar surface area (TPSA) is 140 Å². The van der Waals surface area contributed by atoms with Gasteiger partial charge in [-0.15, -0.1) is 0 Å². The molecule has 4 heterocycles. The number of likely N-dealkylation sites (N-methyl/N-ethyl adjacent to an activating group) is 1. The molecule has 0 unspecified atom stereocenters. The molecule has 4 atom stereocenters. The van der Waals surface area contributed by atoms with Gasteiger partial charge in [-0.05, 0) is 73.9 Å². The van der Waals surface area contributed by atoms with Gasteiger partial charge in [0.1, 0.15) is 17.7 Å². The molecule has 52 heavy (non-hydrogen) atoms. The largest absolute Gasteiger partial charge is 0.453 e. The van der Waals surface area contributed by atoms with Crippen LogP contribution in [0.1, 0.15) is 84.0 Å². The van der Waals surface area contributed by atoms with Crippen LogP contribution in [0, 0.1) is 5.92 Å². The first-order valence-electron chi connectivity index (χ1n) is 18.6. The molecular formula is C40H52N8O4. The predicted octanol–water partition coefficient (Wildman–Crippen LogP) is 6.57. The Kier molecular flexibility index (Phi) is 11.4. The molecule has 12 heteroatoms. The molecule has 0 saturated carbocycles. The Morgan fingerprint density at radius 2 is 1.21 bits per heavy atom. The zero-order valence-corrected chi connectivity index (χ0v) is 31.2. The zero-order chi connectivity index (χ0) is 36.9. The molecule has 2 aliphatic heterocycles. The van der Waals surface area contributed by atoms with Crippen molar-refractivity contribution in [3.8, 4) is 33.6 Å². The third-order valence-corrected chi connectivity index (χ3v) is 10.7. The number of carbonyl (C=O) groups excluding carboxylic acids is 3. The fourth-order valence-corrected chi connectivity index (χ4v) is 7.66. The number of rotatable bonds is 12. The van der Waals surface area contributed by atoms with Gasteiger partial charge in [0.25, 0.3) is 0 Å². The summed E-state index contributed by atoms with van der Waals surface area (Å²) in [4.78, 5) is 61.2. The number of methoxy groups -OCH3 is 1. The Morgan fingerprint density at radius 3 is 1.63 bits per heavy atom. The van der Waals surface area contributed by atoms with Gasteiger partial charge < -0.3 is 29.8 Å². The number of nitrogens with zero attached hydrogens (tertiary/aromatic N) is 5. The van der Waals surface area contributed by atoms with Crippen molar-refractivity contribution in [1.29, 1.82) is 0 Å². The van der Waals surface area contributed by atoms with Crippen molar-refractivity contribution in [3.63, 3.8) is 0 Å². The van der Waals surface area contributed by atoms with Crippen LogP contribution in [0.3, 0.4) is 0 Å². The number of amides is 3. The lowest BCUT2D eigenvalue weighted by Crippen LogP contribution is -2.51. The molecule has 3 amide bonds. The Bertz CT molecular complexity index is 1830. The van der Waals surface area contributed by atoms with Crippen LogP contribution >= 0.6 is 0 Å². The molecule has 276 valence electrons. The third-order valence-electron chi connectivity index (χ3n) is 10.7. The average Bonchev–Trinajstić information content (AvgIpc) is 4.00. The van der Waals surface area contributed by atoms with Crippen LogP contribution in [-0.4, -0.2) is 97.9 Å². The number of alkyl carbamates (subject to hydrolysis) is 1. The minimum absolute atomic E-state index is 0.0323. The summed E-state index contributed by atoms with van der Waals surface area (Å²) in [6, 6.07) is 15.7. The lowest BCUT2D eigenvalue weighted by atomic mass is 10.0. The maximum atomic E-state index is 13.5. The van der Waals surface area contributed by atoms with Gasteiger partial charge in [0.05, 0.1) is 49.0 Å². The number of carbonyl (C=O) groups is 3. The lowest BCUT2D eigenvalue weighted by molar-refractivity contribution is -0.137. The van der Waals surface area contributed by atoms with Crippen molar-refractivity contribution in [2.24, 2.45) is 5.92 Å². The predicted molar refractivity (Wildman–Crippen MR) is 201 cm³/mol. The molecule has 4 aromatic rings. The summed E-state index contributed by atoms with van der Waals surface area (Å²) in [6.07, 6.45) is 6.62. The molecule has 0 spiro atoms. The van der Waals surface area contributed by atoms with E-state index in [1.54, 1.807) is 0 Å².